The van der Waals surface area contributed by atoms with Crippen LogP contribution in [0.15, 0.2) is 218 Å². The molecule has 10 aromatic carbocycles. The summed E-state index contributed by atoms with van der Waals surface area (Å²) in [6.45, 7) is 2.11. The first-order valence-electron chi connectivity index (χ1n) is 23.7. The van der Waals surface area contributed by atoms with Gasteiger partial charge in [-0.1, -0.05) is 109 Å². The third-order valence-electron chi connectivity index (χ3n) is 14.5. The van der Waals surface area contributed by atoms with E-state index in [9.17, 15) is 14.9 Å². The van der Waals surface area contributed by atoms with Crippen molar-refractivity contribution < 1.29 is 9.59 Å². The molecule has 0 unspecified atom stereocenters. The van der Waals surface area contributed by atoms with E-state index < -0.39 is 11.8 Å². The van der Waals surface area contributed by atoms with E-state index in [2.05, 4.69) is 197 Å². The predicted molar refractivity (Wildman–Crippen MR) is 287 cm³/mol. The van der Waals surface area contributed by atoms with Gasteiger partial charge in [0, 0.05) is 49.4 Å². The molecule has 2 amide bonds. The maximum Gasteiger partial charge on any atom is 0.266 e. The van der Waals surface area contributed by atoms with E-state index in [-0.39, 0.29) is 11.3 Å². The van der Waals surface area contributed by atoms with E-state index >= 15 is 0 Å². The number of benzene rings is 10. The number of amides is 2. The number of imide groups is 1. The van der Waals surface area contributed by atoms with Crippen molar-refractivity contribution in [2.75, 3.05) is 4.90 Å². The van der Waals surface area contributed by atoms with Gasteiger partial charge in [-0.2, -0.15) is 5.26 Å². The van der Waals surface area contributed by atoms with Gasteiger partial charge in [0.2, 0.25) is 0 Å². The van der Waals surface area contributed by atoms with Gasteiger partial charge in [-0.25, -0.2) is 4.90 Å². The number of anilines is 1. The number of carbonyl (C=O) groups excluding carboxylic acids is 2. The minimum Gasteiger partial charge on any atom is -0.309 e. The molecule has 0 fully saturated rings. The van der Waals surface area contributed by atoms with Crippen molar-refractivity contribution >= 4 is 82.9 Å². The molecule has 0 N–H and O–H groups in total. The zero-order chi connectivity index (χ0) is 47.5. The van der Waals surface area contributed by atoms with Crippen LogP contribution in [0.25, 0.3) is 105 Å². The summed E-state index contributed by atoms with van der Waals surface area (Å²) in [5, 5.41) is 17.5. The van der Waals surface area contributed by atoms with Gasteiger partial charge in [-0.05, 0) is 144 Å². The highest BCUT2D eigenvalue weighted by molar-refractivity contribution is 6.34. The standard InChI is InChI=1S/C64H39N5O2/c1-39-19-25-46(26-20-39)67-58-18-10-8-14-49(58)53-35-41(22-29-60(53)67)43-24-31-62-55(37-43)54-36-42(40-21-28-59-52(34-40)48-13-7-9-17-57(48)66(59)45-11-3-2-4-12-45)23-30-61(54)68(62)47-27-32-56(44(33-47)38-65)69-63(70)50-15-5-6-16-51(50)64(69)71/h2-37H,1H3. The molecule has 13 aromatic rings. The molecular weight excluding hydrogens is 871 g/mol. The van der Waals surface area contributed by atoms with Crippen LogP contribution in [0.5, 0.6) is 0 Å². The molecule has 0 saturated heterocycles. The smallest absolute Gasteiger partial charge is 0.266 e. The fourth-order valence-corrected chi connectivity index (χ4v) is 11.1. The molecule has 0 aliphatic carbocycles. The van der Waals surface area contributed by atoms with Gasteiger partial charge in [-0.3, -0.25) is 9.59 Å². The predicted octanol–water partition coefficient (Wildman–Crippen LogP) is 15.3. The highest BCUT2D eigenvalue weighted by atomic mass is 16.2. The van der Waals surface area contributed by atoms with Crippen molar-refractivity contribution in [3.8, 4) is 45.4 Å². The Morgan fingerprint density at radius 1 is 0.352 bits per heavy atom. The van der Waals surface area contributed by atoms with Crippen LogP contribution < -0.4 is 4.90 Å². The lowest BCUT2D eigenvalue weighted by Gasteiger charge is -2.17. The second-order valence-corrected chi connectivity index (χ2v) is 18.4. The van der Waals surface area contributed by atoms with Gasteiger partial charge < -0.3 is 13.7 Å². The molecule has 0 radical (unpaired) electrons. The van der Waals surface area contributed by atoms with Crippen LogP contribution in [-0.2, 0) is 0 Å². The van der Waals surface area contributed by atoms with Gasteiger partial charge in [0.25, 0.3) is 11.8 Å². The number of rotatable bonds is 6. The molecule has 14 rings (SSSR count). The molecule has 0 bridgehead atoms. The van der Waals surface area contributed by atoms with Crippen LogP contribution >= 0.6 is 0 Å². The summed E-state index contributed by atoms with van der Waals surface area (Å²) in [6.07, 6.45) is 0. The second-order valence-electron chi connectivity index (χ2n) is 18.4. The third-order valence-corrected chi connectivity index (χ3v) is 14.5. The van der Waals surface area contributed by atoms with Crippen molar-refractivity contribution in [3.05, 3.63) is 241 Å². The topological polar surface area (TPSA) is 76.0 Å². The first-order chi connectivity index (χ1) is 34.9. The summed E-state index contributed by atoms with van der Waals surface area (Å²) < 4.78 is 6.86. The summed E-state index contributed by atoms with van der Waals surface area (Å²) in [7, 11) is 0. The number of carbonyl (C=O) groups is 2. The number of nitriles is 1. The quantitative estimate of drug-likeness (QED) is 0.156. The Hall–Kier alpha value is -9.77. The number of hydrogen-bond acceptors (Lipinski definition) is 3. The van der Waals surface area contributed by atoms with Crippen LogP contribution in [0.2, 0.25) is 0 Å². The number of nitrogens with zero attached hydrogens (tertiary/aromatic N) is 5. The van der Waals surface area contributed by atoms with E-state index in [4.69, 9.17) is 0 Å². The SMILES string of the molecule is Cc1ccc(-n2c3ccccc3c3cc(-c4ccc5c(c4)c4cc(-c6ccc7c(c6)c6ccccc6n7-c6ccccc6)ccc4n5-c4ccc(N5C(=O)c6ccccc6C5=O)c(C#N)c4)ccc32)cc1. The Morgan fingerprint density at radius 3 is 1.21 bits per heavy atom. The Bertz CT molecular complexity index is 4430. The summed E-state index contributed by atoms with van der Waals surface area (Å²) in [4.78, 5) is 28.4. The Labute approximate surface area is 407 Å². The molecule has 1 aliphatic rings. The third kappa shape index (κ3) is 6.02. The van der Waals surface area contributed by atoms with Crippen molar-refractivity contribution in [2.45, 2.75) is 6.92 Å². The van der Waals surface area contributed by atoms with E-state index in [1.54, 1.807) is 36.4 Å². The van der Waals surface area contributed by atoms with Gasteiger partial charge in [-0.15, -0.1) is 0 Å². The summed E-state index contributed by atoms with van der Waals surface area (Å²) in [5.74, 6) is -0.875. The lowest BCUT2D eigenvalue weighted by Crippen LogP contribution is -2.30. The van der Waals surface area contributed by atoms with Crippen LogP contribution in [0.1, 0.15) is 31.8 Å². The van der Waals surface area contributed by atoms with Crippen molar-refractivity contribution in [1.82, 2.24) is 13.7 Å². The van der Waals surface area contributed by atoms with E-state index in [1.807, 2.05) is 12.1 Å². The monoisotopic (exact) mass is 909 g/mol. The highest BCUT2D eigenvalue weighted by Crippen LogP contribution is 2.42. The molecule has 0 atom stereocenters. The summed E-state index contributed by atoms with van der Waals surface area (Å²) in [6, 6.07) is 77.7. The number of fused-ring (bicyclic) bond motifs is 10. The van der Waals surface area contributed by atoms with E-state index in [0.29, 0.717) is 11.1 Å². The molecule has 0 spiro atoms. The van der Waals surface area contributed by atoms with Crippen molar-refractivity contribution in [2.24, 2.45) is 0 Å². The zero-order valence-electron chi connectivity index (χ0n) is 38.3. The molecule has 0 saturated carbocycles. The van der Waals surface area contributed by atoms with Gasteiger partial charge in [0.1, 0.15) is 6.07 Å². The first-order valence-corrected chi connectivity index (χ1v) is 23.7. The lowest BCUT2D eigenvalue weighted by molar-refractivity contribution is 0.0926. The largest absolute Gasteiger partial charge is 0.309 e. The minimum absolute atomic E-state index is 0.223. The molecule has 1 aliphatic heterocycles. The normalized spacial score (nSPS) is 12.6. The van der Waals surface area contributed by atoms with Crippen LogP contribution in [0.4, 0.5) is 5.69 Å². The molecule has 7 heteroatoms. The van der Waals surface area contributed by atoms with Crippen LogP contribution in [-0.4, -0.2) is 25.5 Å². The number of aromatic nitrogens is 3. The van der Waals surface area contributed by atoms with Crippen LogP contribution in [0.3, 0.4) is 0 Å². The fraction of sp³-hybridized carbons (Fsp3) is 0.0156. The van der Waals surface area contributed by atoms with Crippen molar-refractivity contribution in [3.63, 3.8) is 0 Å². The van der Waals surface area contributed by atoms with E-state index in [0.717, 1.165) is 88.1 Å². The number of hydrogen-bond donors (Lipinski definition) is 0. The van der Waals surface area contributed by atoms with Crippen molar-refractivity contribution in [1.29, 1.82) is 5.26 Å². The summed E-state index contributed by atoms with van der Waals surface area (Å²) >= 11 is 0. The maximum absolute atomic E-state index is 13.6. The number of aryl methyl sites for hydroxylation is 1. The molecule has 3 aromatic heterocycles. The molecule has 7 nitrogen and oxygen atoms in total. The van der Waals surface area contributed by atoms with Gasteiger partial charge in [0.15, 0.2) is 0 Å². The fourth-order valence-electron chi connectivity index (χ4n) is 11.1. The highest BCUT2D eigenvalue weighted by Gasteiger charge is 2.37. The average molecular weight is 910 g/mol. The molecular formula is C64H39N5O2. The molecule has 71 heavy (non-hydrogen) atoms. The first kappa shape index (κ1) is 40.3. The van der Waals surface area contributed by atoms with Crippen LogP contribution in [0, 0.1) is 18.3 Å². The minimum atomic E-state index is -0.438. The summed E-state index contributed by atoms with van der Waals surface area (Å²) in [5.41, 5.74) is 16.2. The lowest BCUT2D eigenvalue weighted by atomic mass is 9.98. The van der Waals surface area contributed by atoms with Gasteiger partial charge in [0.05, 0.1) is 55.5 Å². The second kappa shape index (κ2) is 15.4. The Balaban J connectivity index is 0.956. The Morgan fingerprint density at radius 2 is 0.732 bits per heavy atom. The number of para-hydroxylation sites is 3. The zero-order valence-corrected chi connectivity index (χ0v) is 38.3. The molecule has 332 valence electrons. The Kier molecular flexibility index (Phi) is 8.73. The van der Waals surface area contributed by atoms with Gasteiger partial charge >= 0.3 is 0 Å². The van der Waals surface area contributed by atoms with E-state index in [1.165, 1.54) is 27.1 Å². The average Bonchev–Trinajstić information content (AvgIpc) is 4.12. The maximum atomic E-state index is 13.6. The molecule has 4 heterocycles.